The Bertz CT molecular complexity index is 863. The van der Waals surface area contributed by atoms with Gasteiger partial charge in [0.25, 0.3) is 0 Å². The standard InChI is InChI=1S/C28H42O6/c1-4-5-9-19(30)15-24(33)34-28(23(32)17-29)14-12-21-20-11-10-18-8-6-7-13-26(18,2)25(20)22(31)16-27(21,28)3/h8,20-22,25,29,31H,4-7,9-17H2,1-3H3. The van der Waals surface area contributed by atoms with E-state index in [-0.39, 0.29) is 35.4 Å². The average Bonchev–Trinajstić information content (AvgIpc) is 3.08. The normalized spacial score (nSPS) is 41.0. The zero-order chi connectivity index (χ0) is 24.7. The van der Waals surface area contributed by atoms with E-state index in [0.717, 1.165) is 51.4 Å². The van der Waals surface area contributed by atoms with Gasteiger partial charge < -0.3 is 14.9 Å². The zero-order valence-electron chi connectivity index (χ0n) is 21.1. The van der Waals surface area contributed by atoms with E-state index in [9.17, 15) is 24.6 Å². The van der Waals surface area contributed by atoms with Crippen LogP contribution in [0.25, 0.3) is 0 Å². The maximum atomic E-state index is 13.2. The highest BCUT2D eigenvalue weighted by molar-refractivity contribution is 5.98. The molecule has 2 N–H and O–H groups in total. The minimum Gasteiger partial charge on any atom is -0.450 e. The Labute approximate surface area is 203 Å². The van der Waals surface area contributed by atoms with Crippen LogP contribution in [0.5, 0.6) is 0 Å². The average molecular weight is 475 g/mol. The molecule has 4 aliphatic carbocycles. The molecule has 4 aliphatic rings. The van der Waals surface area contributed by atoms with Crippen LogP contribution in [0, 0.1) is 28.6 Å². The van der Waals surface area contributed by atoms with Gasteiger partial charge in [-0.25, -0.2) is 0 Å². The number of aliphatic hydroxyl groups excluding tert-OH is 2. The van der Waals surface area contributed by atoms with Gasteiger partial charge in [0.05, 0.1) is 6.10 Å². The molecule has 0 heterocycles. The SMILES string of the molecule is CCCCC(=O)CC(=O)OC1(C(=O)CO)CCC2C3CCC4=CCCCC4(C)C3C(O)CC21C. The van der Waals surface area contributed by atoms with Crippen LogP contribution in [0.3, 0.4) is 0 Å². The van der Waals surface area contributed by atoms with E-state index in [0.29, 0.717) is 19.3 Å². The van der Waals surface area contributed by atoms with Crippen molar-refractivity contribution in [3.8, 4) is 0 Å². The van der Waals surface area contributed by atoms with Crippen molar-refractivity contribution in [3.63, 3.8) is 0 Å². The predicted molar refractivity (Wildman–Crippen MR) is 128 cm³/mol. The molecule has 0 amide bonds. The molecular weight excluding hydrogens is 432 g/mol. The van der Waals surface area contributed by atoms with Crippen molar-refractivity contribution >= 4 is 17.5 Å². The van der Waals surface area contributed by atoms with Gasteiger partial charge in [0.15, 0.2) is 5.60 Å². The summed E-state index contributed by atoms with van der Waals surface area (Å²) in [6.45, 7) is 5.55. The smallest absolute Gasteiger partial charge is 0.314 e. The van der Waals surface area contributed by atoms with E-state index in [1.54, 1.807) is 0 Å². The van der Waals surface area contributed by atoms with Gasteiger partial charge in [-0.2, -0.15) is 0 Å². The van der Waals surface area contributed by atoms with Crippen LogP contribution in [0.4, 0.5) is 0 Å². The summed E-state index contributed by atoms with van der Waals surface area (Å²) in [6.07, 6.45) is 10.1. The summed E-state index contributed by atoms with van der Waals surface area (Å²) in [5.41, 5.74) is -0.780. The van der Waals surface area contributed by atoms with E-state index in [4.69, 9.17) is 4.74 Å². The van der Waals surface area contributed by atoms with E-state index >= 15 is 0 Å². The maximum absolute atomic E-state index is 13.2. The largest absolute Gasteiger partial charge is 0.450 e. The second-order valence-corrected chi connectivity index (χ2v) is 11.8. The van der Waals surface area contributed by atoms with Gasteiger partial charge in [0.1, 0.15) is 18.8 Å². The van der Waals surface area contributed by atoms with Gasteiger partial charge in [-0.3, -0.25) is 14.4 Å². The van der Waals surface area contributed by atoms with E-state index in [2.05, 4.69) is 13.0 Å². The Kier molecular flexibility index (Phi) is 7.14. The Morgan fingerprint density at radius 2 is 1.94 bits per heavy atom. The number of ketones is 2. The van der Waals surface area contributed by atoms with Crippen molar-refractivity contribution in [2.45, 2.75) is 110 Å². The molecule has 0 aliphatic heterocycles. The van der Waals surface area contributed by atoms with Gasteiger partial charge in [0.2, 0.25) is 5.78 Å². The second-order valence-electron chi connectivity index (χ2n) is 11.8. The molecule has 7 atom stereocenters. The van der Waals surface area contributed by atoms with Crippen LogP contribution >= 0.6 is 0 Å². The van der Waals surface area contributed by atoms with E-state index < -0.39 is 35.5 Å². The quantitative estimate of drug-likeness (QED) is 0.309. The van der Waals surface area contributed by atoms with Gasteiger partial charge in [-0.1, -0.05) is 38.8 Å². The summed E-state index contributed by atoms with van der Waals surface area (Å²) in [4.78, 5) is 38.3. The molecule has 6 heteroatoms. The molecule has 3 fully saturated rings. The number of esters is 1. The second kappa shape index (κ2) is 9.50. The first kappa shape index (κ1) is 25.6. The topological polar surface area (TPSA) is 101 Å². The fraction of sp³-hybridized carbons (Fsp3) is 0.821. The van der Waals surface area contributed by atoms with Crippen LogP contribution < -0.4 is 0 Å². The number of unbranched alkanes of at least 4 members (excludes halogenated alkanes) is 1. The number of Topliss-reactive ketones (excluding diaryl/α,β-unsaturated/α-hetero) is 2. The van der Waals surface area contributed by atoms with Crippen molar-refractivity contribution in [1.29, 1.82) is 0 Å². The number of allylic oxidation sites excluding steroid dienone is 2. The van der Waals surface area contributed by atoms with Crippen LogP contribution in [-0.4, -0.2) is 46.1 Å². The number of fused-ring (bicyclic) bond motifs is 5. The Hall–Kier alpha value is -1.53. The van der Waals surface area contributed by atoms with Crippen LogP contribution in [-0.2, 0) is 19.1 Å². The summed E-state index contributed by atoms with van der Waals surface area (Å²) in [6, 6.07) is 0. The lowest BCUT2D eigenvalue weighted by Crippen LogP contribution is -2.63. The molecule has 190 valence electrons. The van der Waals surface area contributed by atoms with Crippen molar-refractivity contribution in [1.82, 2.24) is 0 Å². The first-order valence-electron chi connectivity index (χ1n) is 13.4. The third kappa shape index (κ3) is 3.89. The number of hydrogen-bond donors (Lipinski definition) is 2. The Balaban J connectivity index is 1.63. The monoisotopic (exact) mass is 474 g/mol. The van der Waals surface area contributed by atoms with Crippen LogP contribution in [0.1, 0.15) is 97.8 Å². The molecule has 0 radical (unpaired) electrons. The lowest BCUT2D eigenvalue weighted by Gasteiger charge is -2.60. The summed E-state index contributed by atoms with van der Waals surface area (Å²) < 4.78 is 5.94. The minimum absolute atomic E-state index is 0.0173. The molecule has 0 saturated heterocycles. The van der Waals surface area contributed by atoms with Gasteiger partial charge in [-0.15, -0.1) is 0 Å². The Morgan fingerprint density at radius 1 is 1.18 bits per heavy atom. The molecule has 0 spiro atoms. The third-order valence-electron chi connectivity index (χ3n) is 10.1. The van der Waals surface area contributed by atoms with E-state index in [1.165, 1.54) is 5.57 Å². The predicted octanol–water partition coefficient (Wildman–Crippen LogP) is 4.30. The Morgan fingerprint density at radius 3 is 2.65 bits per heavy atom. The number of hydrogen-bond acceptors (Lipinski definition) is 6. The van der Waals surface area contributed by atoms with Gasteiger partial charge >= 0.3 is 5.97 Å². The molecule has 7 unspecified atom stereocenters. The molecule has 3 saturated carbocycles. The summed E-state index contributed by atoms with van der Waals surface area (Å²) in [5.74, 6) is -0.865. The first-order chi connectivity index (χ1) is 16.1. The molecule has 0 aromatic carbocycles. The summed E-state index contributed by atoms with van der Waals surface area (Å²) in [5, 5.41) is 21.5. The van der Waals surface area contributed by atoms with Crippen molar-refractivity contribution < 1.29 is 29.3 Å². The molecule has 4 rings (SSSR count). The highest BCUT2D eigenvalue weighted by Crippen LogP contribution is 2.68. The number of ether oxygens (including phenoxy) is 1. The first-order valence-corrected chi connectivity index (χ1v) is 13.4. The maximum Gasteiger partial charge on any atom is 0.314 e. The summed E-state index contributed by atoms with van der Waals surface area (Å²) >= 11 is 0. The fourth-order valence-electron chi connectivity index (χ4n) is 8.53. The highest BCUT2D eigenvalue weighted by Gasteiger charge is 2.70. The zero-order valence-corrected chi connectivity index (χ0v) is 21.1. The highest BCUT2D eigenvalue weighted by atomic mass is 16.6. The van der Waals surface area contributed by atoms with Crippen molar-refractivity contribution in [3.05, 3.63) is 11.6 Å². The number of rotatable bonds is 8. The van der Waals surface area contributed by atoms with Crippen LogP contribution in [0.15, 0.2) is 11.6 Å². The van der Waals surface area contributed by atoms with Gasteiger partial charge in [0, 0.05) is 11.8 Å². The molecule has 0 aromatic heterocycles. The van der Waals surface area contributed by atoms with E-state index in [1.807, 2.05) is 13.8 Å². The number of carbonyl (C=O) groups excluding carboxylic acids is 3. The van der Waals surface area contributed by atoms with Crippen molar-refractivity contribution in [2.24, 2.45) is 28.6 Å². The lowest BCUT2D eigenvalue weighted by molar-refractivity contribution is -0.202. The van der Waals surface area contributed by atoms with Gasteiger partial charge in [-0.05, 0) is 81.0 Å². The summed E-state index contributed by atoms with van der Waals surface area (Å²) in [7, 11) is 0. The molecular formula is C28H42O6. The number of carbonyl (C=O) groups is 3. The fourth-order valence-corrected chi connectivity index (χ4v) is 8.53. The number of aliphatic hydroxyl groups is 2. The third-order valence-corrected chi connectivity index (χ3v) is 10.1. The molecule has 34 heavy (non-hydrogen) atoms. The molecule has 0 bridgehead atoms. The lowest BCUT2D eigenvalue weighted by atomic mass is 9.45. The minimum atomic E-state index is -1.48. The molecule has 0 aromatic rings. The molecule has 6 nitrogen and oxygen atoms in total. The van der Waals surface area contributed by atoms with Crippen LogP contribution in [0.2, 0.25) is 0 Å². The van der Waals surface area contributed by atoms with Crippen molar-refractivity contribution in [2.75, 3.05) is 6.61 Å².